The minimum atomic E-state index is -1.57. The Hall–Kier alpha value is -1.56. The molecule has 0 bridgehead atoms. The number of carbonyl (C=O) groups excluding carboxylic acids is 1. The molecule has 0 radical (unpaired) electrons. The van der Waals surface area contributed by atoms with E-state index in [1.54, 1.807) is 0 Å². The van der Waals surface area contributed by atoms with Crippen LogP contribution in [0.4, 0.5) is 13.2 Å². The van der Waals surface area contributed by atoms with E-state index in [9.17, 15) is 18.0 Å². The largest absolute Gasteiger partial charge is 0.348 e. The third-order valence-corrected chi connectivity index (χ3v) is 2.92. The molecule has 21 heavy (non-hydrogen) atoms. The van der Waals surface area contributed by atoms with Gasteiger partial charge in [-0.25, -0.2) is 13.2 Å². The Morgan fingerprint density at radius 2 is 1.71 bits per heavy atom. The van der Waals surface area contributed by atoms with Gasteiger partial charge in [0.25, 0.3) is 5.91 Å². The van der Waals surface area contributed by atoms with E-state index in [4.69, 9.17) is 0 Å². The topological polar surface area (TPSA) is 32.3 Å². The zero-order valence-electron chi connectivity index (χ0n) is 12.7. The predicted molar refractivity (Wildman–Crippen MR) is 75.6 cm³/mol. The van der Waals surface area contributed by atoms with Crippen LogP contribution in [0.15, 0.2) is 12.1 Å². The van der Waals surface area contributed by atoms with Gasteiger partial charge in [-0.15, -0.1) is 0 Å². The maximum atomic E-state index is 13.2. The zero-order chi connectivity index (χ0) is 16.2. The Labute approximate surface area is 123 Å². The molecule has 0 aromatic heterocycles. The van der Waals surface area contributed by atoms with Crippen LogP contribution in [0.5, 0.6) is 0 Å². The summed E-state index contributed by atoms with van der Waals surface area (Å²) >= 11 is 0. The summed E-state index contributed by atoms with van der Waals surface area (Å²) in [5.41, 5.74) is -0.223. The molecule has 3 nitrogen and oxygen atoms in total. The van der Waals surface area contributed by atoms with Gasteiger partial charge >= 0.3 is 0 Å². The monoisotopic (exact) mass is 302 g/mol. The third kappa shape index (κ3) is 5.38. The molecular formula is C15H21F3N2O. The number of hydrogen-bond acceptors (Lipinski definition) is 2. The van der Waals surface area contributed by atoms with Crippen molar-refractivity contribution in [2.24, 2.45) is 5.92 Å². The maximum Gasteiger partial charge on any atom is 0.251 e. The van der Waals surface area contributed by atoms with Crippen molar-refractivity contribution in [2.75, 3.05) is 20.6 Å². The normalized spacial score (nSPS) is 12.8. The predicted octanol–water partition coefficient (Wildman–Crippen LogP) is 2.81. The SMILES string of the molecule is CC(C)CC(CN(C)C)NC(=O)c1cc(F)c(F)c(F)c1. The Morgan fingerprint density at radius 3 is 2.14 bits per heavy atom. The van der Waals surface area contributed by atoms with E-state index in [1.165, 1.54) is 0 Å². The second kappa shape index (κ2) is 7.45. The first-order valence-electron chi connectivity index (χ1n) is 6.80. The van der Waals surface area contributed by atoms with Crippen LogP contribution in [0.1, 0.15) is 30.6 Å². The molecule has 1 aromatic rings. The summed E-state index contributed by atoms with van der Waals surface area (Å²) in [6.07, 6.45) is 0.732. The molecule has 0 saturated heterocycles. The minimum Gasteiger partial charge on any atom is -0.348 e. The highest BCUT2D eigenvalue weighted by Gasteiger charge is 2.19. The molecule has 0 aliphatic carbocycles. The summed E-state index contributed by atoms with van der Waals surface area (Å²) < 4.78 is 39.2. The number of nitrogens with one attached hydrogen (secondary N) is 1. The van der Waals surface area contributed by atoms with Gasteiger partial charge in [-0.05, 0) is 38.6 Å². The standard InChI is InChI=1S/C15H21F3N2O/c1-9(2)5-11(8-20(3)4)19-15(21)10-6-12(16)14(18)13(17)7-10/h6-7,9,11H,5,8H2,1-4H3,(H,19,21). The summed E-state index contributed by atoms with van der Waals surface area (Å²) in [5, 5.41) is 2.73. The van der Waals surface area contributed by atoms with Crippen LogP contribution in [0.3, 0.4) is 0 Å². The van der Waals surface area contributed by atoms with Gasteiger partial charge in [0.2, 0.25) is 0 Å². The van der Waals surface area contributed by atoms with Crippen molar-refractivity contribution in [1.82, 2.24) is 10.2 Å². The molecule has 0 fully saturated rings. The van der Waals surface area contributed by atoms with Gasteiger partial charge < -0.3 is 10.2 Å². The van der Waals surface area contributed by atoms with Crippen molar-refractivity contribution in [2.45, 2.75) is 26.3 Å². The first-order chi connectivity index (χ1) is 9.70. The number of carbonyl (C=O) groups is 1. The molecule has 1 aromatic carbocycles. The lowest BCUT2D eigenvalue weighted by Gasteiger charge is -2.24. The molecule has 1 unspecified atom stereocenters. The van der Waals surface area contributed by atoms with Gasteiger partial charge in [-0.1, -0.05) is 13.8 Å². The number of benzene rings is 1. The molecule has 0 aliphatic heterocycles. The summed E-state index contributed by atoms with van der Waals surface area (Å²) in [7, 11) is 3.74. The van der Waals surface area contributed by atoms with Crippen molar-refractivity contribution >= 4 is 5.91 Å². The molecule has 1 amide bonds. The lowest BCUT2D eigenvalue weighted by atomic mass is 10.0. The smallest absolute Gasteiger partial charge is 0.251 e. The van der Waals surface area contributed by atoms with Crippen LogP contribution in [-0.4, -0.2) is 37.5 Å². The van der Waals surface area contributed by atoms with Crippen LogP contribution < -0.4 is 5.32 Å². The number of amides is 1. The Bertz CT molecular complexity index is 471. The highest BCUT2D eigenvalue weighted by Crippen LogP contribution is 2.14. The third-order valence-electron chi connectivity index (χ3n) is 2.92. The maximum absolute atomic E-state index is 13.2. The van der Waals surface area contributed by atoms with E-state index in [0.717, 1.165) is 6.42 Å². The summed E-state index contributed by atoms with van der Waals surface area (Å²) in [5.74, 6) is -4.56. The summed E-state index contributed by atoms with van der Waals surface area (Å²) in [6.45, 7) is 4.65. The van der Waals surface area contributed by atoms with E-state index in [2.05, 4.69) is 5.32 Å². The van der Waals surface area contributed by atoms with Gasteiger partial charge in [0.05, 0.1) is 0 Å². The lowest BCUT2D eigenvalue weighted by Crippen LogP contribution is -2.42. The van der Waals surface area contributed by atoms with Crippen molar-refractivity contribution in [3.8, 4) is 0 Å². The number of rotatable bonds is 6. The number of nitrogens with zero attached hydrogens (tertiary/aromatic N) is 1. The first kappa shape index (κ1) is 17.5. The van der Waals surface area contributed by atoms with Crippen molar-refractivity contribution in [1.29, 1.82) is 0 Å². The van der Waals surface area contributed by atoms with Gasteiger partial charge in [0.15, 0.2) is 17.5 Å². The Kier molecular flexibility index (Phi) is 6.20. The number of hydrogen-bond donors (Lipinski definition) is 1. The Balaban J connectivity index is 2.86. The second-order valence-electron chi connectivity index (χ2n) is 5.82. The van der Waals surface area contributed by atoms with E-state index in [1.807, 2.05) is 32.8 Å². The number of halogens is 3. The van der Waals surface area contributed by atoms with Gasteiger partial charge in [0, 0.05) is 18.2 Å². The minimum absolute atomic E-state index is 0.149. The van der Waals surface area contributed by atoms with Crippen LogP contribution in [-0.2, 0) is 0 Å². The van der Waals surface area contributed by atoms with Crippen LogP contribution in [0.25, 0.3) is 0 Å². The fraction of sp³-hybridized carbons (Fsp3) is 0.533. The number of likely N-dealkylation sites (N-methyl/N-ethyl adjacent to an activating group) is 1. The average Bonchev–Trinajstić information content (AvgIpc) is 2.33. The molecule has 0 aliphatic rings. The Morgan fingerprint density at radius 1 is 1.19 bits per heavy atom. The van der Waals surface area contributed by atoms with Crippen LogP contribution in [0, 0.1) is 23.4 Å². The van der Waals surface area contributed by atoms with Crippen molar-refractivity contribution in [3.05, 3.63) is 35.1 Å². The quantitative estimate of drug-likeness (QED) is 0.820. The van der Waals surface area contributed by atoms with Crippen LogP contribution >= 0.6 is 0 Å². The lowest BCUT2D eigenvalue weighted by molar-refractivity contribution is 0.0923. The van der Waals surface area contributed by atoms with E-state index >= 15 is 0 Å². The molecule has 0 saturated carbocycles. The van der Waals surface area contributed by atoms with Crippen molar-refractivity contribution in [3.63, 3.8) is 0 Å². The molecule has 1 rings (SSSR count). The van der Waals surface area contributed by atoms with Gasteiger partial charge in [-0.2, -0.15) is 0 Å². The van der Waals surface area contributed by atoms with Crippen molar-refractivity contribution < 1.29 is 18.0 Å². The van der Waals surface area contributed by atoms with E-state index < -0.39 is 23.4 Å². The molecule has 118 valence electrons. The fourth-order valence-electron chi connectivity index (χ4n) is 2.14. The zero-order valence-corrected chi connectivity index (χ0v) is 12.7. The average molecular weight is 302 g/mol. The molecule has 1 atom stereocenters. The molecule has 1 N–H and O–H groups in total. The molecule has 0 spiro atoms. The van der Waals surface area contributed by atoms with E-state index in [-0.39, 0.29) is 11.6 Å². The molecule has 0 heterocycles. The van der Waals surface area contributed by atoms with Gasteiger partial charge in [0.1, 0.15) is 0 Å². The fourth-order valence-corrected chi connectivity index (χ4v) is 2.14. The summed E-state index contributed by atoms with van der Waals surface area (Å²) in [6, 6.07) is 1.26. The van der Waals surface area contributed by atoms with Gasteiger partial charge in [-0.3, -0.25) is 4.79 Å². The molecule has 6 heteroatoms. The highest BCUT2D eigenvalue weighted by molar-refractivity contribution is 5.94. The highest BCUT2D eigenvalue weighted by atomic mass is 19.2. The van der Waals surface area contributed by atoms with Crippen LogP contribution in [0.2, 0.25) is 0 Å². The molecular weight excluding hydrogens is 281 g/mol. The second-order valence-corrected chi connectivity index (χ2v) is 5.82. The van der Waals surface area contributed by atoms with E-state index in [0.29, 0.717) is 24.6 Å². The first-order valence-corrected chi connectivity index (χ1v) is 6.80. The summed E-state index contributed by atoms with van der Waals surface area (Å²) in [4.78, 5) is 14.0.